The van der Waals surface area contributed by atoms with E-state index in [1.165, 1.54) is 23.1 Å². The van der Waals surface area contributed by atoms with E-state index in [2.05, 4.69) is 0 Å². The van der Waals surface area contributed by atoms with Crippen molar-refractivity contribution in [1.29, 1.82) is 0 Å². The monoisotopic (exact) mass is 304 g/mol. The lowest BCUT2D eigenvalue weighted by Crippen LogP contribution is -2.26. The molecule has 0 spiro atoms. The first kappa shape index (κ1) is 15.0. The molecule has 0 aromatic heterocycles. The maximum absolute atomic E-state index is 12.3. The molecule has 5 nitrogen and oxygen atoms in total. The van der Waals surface area contributed by atoms with Gasteiger partial charge in [0.1, 0.15) is 0 Å². The summed E-state index contributed by atoms with van der Waals surface area (Å²) < 4.78 is 0. The summed E-state index contributed by atoms with van der Waals surface area (Å²) in [7, 11) is 1.63. The molecule has 21 heavy (non-hydrogen) atoms. The molecular formula is C15H13ClN2O3. The zero-order chi connectivity index (χ0) is 15.4. The molecule has 0 radical (unpaired) electrons. The van der Waals surface area contributed by atoms with Gasteiger partial charge in [-0.25, -0.2) is 0 Å². The number of nitro benzene ring substituents is 1. The van der Waals surface area contributed by atoms with Crippen LogP contribution in [0.5, 0.6) is 0 Å². The second-order valence-electron chi connectivity index (χ2n) is 4.56. The van der Waals surface area contributed by atoms with E-state index in [4.69, 9.17) is 11.6 Å². The summed E-state index contributed by atoms with van der Waals surface area (Å²) >= 11 is 6.06. The van der Waals surface area contributed by atoms with Crippen molar-refractivity contribution in [3.8, 4) is 0 Å². The van der Waals surface area contributed by atoms with Crippen LogP contribution in [0.1, 0.15) is 15.9 Å². The summed E-state index contributed by atoms with van der Waals surface area (Å²) in [5, 5.41) is 11.3. The van der Waals surface area contributed by atoms with Gasteiger partial charge >= 0.3 is 0 Å². The smallest absolute Gasteiger partial charge is 0.270 e. The van der Waals surface area contributed by atoms with Gasteiger partial charge in [0.05, 0.1) is 4.92 Å². The van der Waals surface area contributed by atoms with Gasteiger partial charge in [-0.3, -0.25) is 14.9 Å². The van der Waals surface area contributed by atoms with Crippen molar-refractivity contribution in [2.75, 3.05) is 7.05 Å². The number of carbonyl (C=O) groups excluding carboxylic acids is 1. The van der Waals surface area contributed by atoms with Gasteiger partial charge in [-0.05, 0) is 17.7 Å². The lowest BCUT2D eigenvalue weighted by Gasteiger charge is -2.18. The molecule has 2 aromatic carbocycles. The molecule has 0 bridgehead atoms. The molecular weight excluding hydrogens is 292 g/mol. The summed E-state index contributed by atoms with van der Waals surface area (Å²) in [4.78, 5) is 24.0. The highest BCUT2D eigenvalue weighted by Gasteiger charge is 2.16. The van der Waals surface area contributed by atoms with Crippen molar-refractivity contribution < 1.29 is 9.72 Å². The van der Waals surface area contributed by atoms with E-state index in [1.54, 1.807) is 19.2 Å². The first-order valence-electron chi connectivity index (χ1n) is 6.22. The number of halogens is 1. The molecule has 0 atom stereocenters. The zero-order valence-electron chi connectivity index (χ0n) is 11.3. The van der Waals surface area contributed by atoms with Crippen molar-refractivity contribution in [1.82, 2.24) is 4.90 Å². The van der Waals surface area contributed by atoms with Crippen LogP contribution in [-0.2, 0) is 6.54 Å². The second kappa shape index (κ2) is 6.37. The molecule has 2 rings (SSSR count). The van der Waals surface area contributed by atoms with Gasteiger partial charge in [-0.1, -0.05) is 35.9 Å². The van der Waals surface area contributed by atoms with E-state index in [9.17, 15) is 14.9 Å². The fraction of sp³-hybridized carbons (Fsp3) is 0.133. The lowest BCUT2D eigenvalue weighted by atomic mass is 10.1. The van der Waals surface area contributed by atoms with Gasteiger partial charge in [0.25, 0.3) is 11.6 Å². The van der Waals surface area contributed by atoms with Crippen molar-refractivity contribution in [3.63, 3.8) is 0 Å². The number of hydrogen-bond donors (Lipinski definition) is 0. The van der Waals surface area contributed by atoms with Gasteiger partial charge < -0.3 is 4.90 Å². The van der Waals surface area contributed by atoms with Crippen LogP contribution in [-0.4, -0.2) is 22.8 Å². The Morgan fingerprint density at radius 2 is 1.95 bits per heavy atom. The van der Waals surface area contributed by atoms with Crippen LogP contribution in [0.3, 0.4) is 0 Å². The molecule has 0 aliphatic rings. The Kier molecular flexibility index (Phi) is 4.55. The van der Waals surface area contributed by atoms with Crippen LogP contribution in [0, 0.1) is 10.1 Å². The van der Waals surface area contributed by atoms with Crippen molar-refractivity contribution in [2.24, 2.45) is 0 Å². The van der Waals surface area contributed by atoms with E-state index < -0.39 is 4.92 Å². The standard InChI is InChI=1S/C15H13ClN2O3/c1-17(10-12-5-2-3-8-14(12)16)15(19)11-6-4-7-13(9-11)18(20)21/h2-9H,10H2,1H3. The van der Waals surface area contributed by atoms with Crippen molar-refractivity contribution in [3.05, 3.63) is 74.8 Å². The molecule has 6 heteroatoms. The third-order valence-electron chi connectivity index (χ3n) is 3.02. The predicted octanol–water partition coefficient (Wildman–Crippen LogP) is 3.52. The number of non-ortho nitro benzene ring substituents is 1. The number of nitrogens with zero attached hydrogens (tertiary/aromatic N) is 2. The van der Waals surface area contributed by atoms with E-state index in [0.717, 1.165) is 5.56 Å². The average Bonchev–Trinajstić information content (AvgIpc) is 2.49. The Bertz CT molecular complexity index is 688. The SMILES string of the molecule is CN(Cc1ccccc1Cl)C(=O)c1cccc([N+](=O)[O-])c1. The van der Waals surface area contributed by atoms with Crippen LogP contribution in [0.2, 0.25) is 5.02 Å². The molecule has 2 aromatic rings. The minimum Gasteiger partial charge on any atom is -0.337 e. The molecule has 0 saturated carbocycles. The third-order valence-corrected chi connectivity index (χ3v) is 3.38. The first-order chi connectivity index (χ1) is 9.99. The van der Waals surface area contributed by atoms with Gasteiger partial charge in [-0.2, -0.15) is 0 Å². The Morgan fingerprint density at radius 1 is 1.24 bits per heavy atom. The highest BCUT2D eigenvalue weighted by molar-refractivity contribution is 6.31. The van der Waals surface area contributed by atoms with Crippen molar-refractivity contribution in [2.45, 2.75) is 6.54 Å². The summed E-state index contributed by atoms with van der Waals surface area (Å²) in [6.45, 7) is 0.335. The maximum atomic E-state index is 12.3. The van der Waals surface area contributed by atoms with Crippen LogP contribution < -0.4 is 0 Å². The minimum absolute atomic E-state index is 0.105. The lowest BCUT2D eigenvalue weighted by molar-refractivity contribution is -0.384. The topological polar surface area (TPSA) is 63.5 Å². The quantitative estimate of drug-likeness (QED) is 0.641. The second-order valence-corrected chi connectivity index (χ2v) is 4.97. The Labute approximate surface area is 126 Å². The molecule has 0 saturated heterocycles. The highest BCUT2D eigenvalue weighted by atomic mass is 35.5. The van der Waals surface area contributed by atoms with Gasteiger partial charge in [0.2, 0.25) is 0 Å². The highest BCUT2D eigenvalue weighted by Crippen LogP contribution is 2.19. The average molecular weight is 305 g/mol. The number of amides is 1. The molecule has 0 heterocycles. The Hall–Kier alpha value is -2.40. The van der Waals surface area contributed by atoms with Crippen LogP contribution >= 0.6 is 11.6 Å². The number of benzene rings is 2. The molecule has 0 fully saturated rings. The maximum Gasteiger partial charge on any atom is 0.270 e. The predicted molar refractivity (Wildman–Crippen MR) is 80.3 cm³/mol. The molecule has 0 aliphatic carbocycles. The normalized spacial score (nSPS) is 10.2. The largest absolute Gasteiger partial charge is 0.337 e. The van der Waals surface area contributed by atoms with E-state index in [0.29, 0.717) is 11.6 Å². The first-order valence-corrected chi connectivity index (χ1v) is 6.60. The molecule has 0 N–H and O–H groups in total. The van der Waals surface area contributed by atoms with E-state index in [-0.39, 0.29) is 17.2 Å². The summed E-state index contributed by atoms with van der Waals surface area (Å²) in [5.74, 6) is -0.293. The van der Waals surface area contributed by atoms with Gasteiger partial charge in [0.15, 0.2) is 0 Å². The van der Waals surface area contributed by atoms with Crippen LogP contribution in [0.15, 0.2) is 48.5 Å². The van der Waals surface area contributed by atoms with E-state index in [1.807, 2.05) is 18.2 Å². The Balaban J connectivity index is 2.18. The fourth-order valence-corrected chi connectivity index (χ4v) is 2.12. The van der Waals surface area contributed by atoms with Crippen LogP contribution in [0.25, 0.3) is 0 Å². The molecule has 1 amide bonds. The number of hydrogen-bond acceptors (Lipinski definition) is 3. The number of nitro groups is 1. The summed E-state index contributed by atoms with van der Waals surface area (Å²) in [5.41, 5.74) is 0.992. The summed E-state index contributed by atoms with van der Waals surface area (Å²) in [6, 6.07) is 12.9. The fourth-order valence-electron chi connectivity index (χ4n) is 1.93. The van der Waals surface area contributed by atoms with Gasteiger partial charge in [-0.15, -0.1) is 0 Å². The number of rotatable bonds is 4. The van der Waals surface area contributed by atoms with E-state index >= 15 is 0 Å². The summed E-state index contributed by atoms with van der Waals surface area (Å²) in [6.07, 6.45) is 0. The third kappa shape index (κ3) is 3.58. The van der Waals surface area contributed by atoms with Crippen LogP contribution in [0.4, 0.5) is 5.69 Å². The Morgan fingerprint density at radius 3 is 2.62 bits per heavy atom. The molecule has 0 aliphatic heterocycles. The zero-order valence-corrected chi connectivity index (χ0v) is 12.1. The minimum atomic E-state index is -0.523. The molecule has 0 unspecified atom stereocenters. The van der Waals surface area contributed by atoms with Gasteiger partial charge in [0, 0.05) is 36.3 Å². The number of carbonyl (C=O) groups is 1. The molecule has 108 valence electrons. The van der Waals surface area contributed by atoms with Crippen molar-refractivity contribution >= 4 is 23.2 Å².